The zero-order valence-corrected chi connectivity index (χ0v) is 12.7. The maximum absolute atomic E-state index is 10.3. The van der Waals surface area contributed by atoms with Gasteiger partial charge in [0.25, 0.3) is 0 Å². The van der Waals surface area contributed by atoms with Crippen molar-refractivity contribution in [3.8, 4) is 17.2 Å². The Morgan fingerprint density at radius 3 is 1.50 bits per heavy atom. The van der Waals surface area contributed by atoms with Crippen molar-refractivity contribution in [2.24, 2.45) is 0 Å². The van der Waals surface area contributed by atoms with Crippen LogP contribution in [0.4, 0.5) is 5.69 Å². The van der Waals surface area contributed by atoms with Gasteiger partial charge in [-0.3, -0.25) is 9.59 Å². The first-order chi connectivity index (χ1) is 11.4. The average Bonchev–Trinajstić information content (AvgIpc) is 2.54. The predicted octanol–water partition coefficient (Wildman–Crippen LogP) is 2.32. The Hall–Kier alpha value is -3.54. The van der Waals surface area contributed by atoms with Crippen LogP contribution in [0.5, 0.6) is 17.2 Å². The van der Waals surface area contributed by atoms with Crippen LogP contribution in [-0.2, 0) is 9.59 Å². The number of phenolic OH excluding ortho intramolecular Hbond substituents is 3. The first-order valence-electron chi connectivity index (χ1n) is 6.84. The molecule has 5 N–H and O–H groups in total. The van der Waals surface area contributed by atoms with E-state index in [1.54, 1.807) is 42.5 Å². The van der Waals surface area contributed by atoms with E-state index in [9.17, 15) is 9.59 Å². The zero-order chi connectivity index (χ0) is 17.9. The minimum absolute atomic E-state index is 0.0880. The smallest absolute Gasteiger partial charge is 0.225 e. The molecule has 0 unspecified atom stereocenters. The number of nitrogens with two attached hydrogens (primary N) is 1. The molecule has 2 aromatic carbocycles. The number of hydrogen-bond acceptors (Lipinski definition) is 6. The van der Waals surface area contributed by atoms with Crippen LogP contribution in [0.1, 0.15) is 0 Å². The first kappa shape index (κ1) is 18.5. The molecule has 24 heavy (non-hydrogen) atoms. The highest BCUT2D eigenvalue weighted by Gasteiger charge is 2.06. The van der Waals surface area contributed by atoms with E-state index < -0.39 is 11.6 Å². The molecule has 6 heteroatoms. The van der Waals surface area contributed by atoms with Crippen LogP contribution in [0.25, 0.3) is 0 Å². The van der Waals surface area contributed by atoms with Gasteiger partial charge in [-0.1, -0.05) is 30.4 Å². The fourth-order valence-corrected chi connectivity index (χ4v) is 1.43. The van der Waals surface area contributed by atoms with Gasteiger partial charge in [0.1, 0.15) is 17.2 Å². The van der Waals surface area contributed by atoms with E-state index in [0.29, 0.717) is 5.69 Å². The Morgan fingerprint density at radius 1 is 0.708 bits per heavy atom. The SMILES string of the molecule is Nc1ccccc1O.O=C1C=CC=CC1=O.Oc1cccc(O)c1. The molecular weight excluding hydrogens is 310 g/mol. The fourth-order valence-electron chi connectivity index (χ4n) is 1.43. The van der Waals surface area contributed by atoms with Crippen LogP contribution in [0.3, 0.4) is 0 Å². The van der Waals surface area contributed by atoms with Crippen molar-refractivity contribution < 1.29 is 24.9 Å². The molecule has 0 amide bonds. The van der Waals surface area contributed by atoms with E-state index >= 15 is 0 Å². The fraction of sp³-hybridized carbons (Fsp3) is 0. The van der Waals surface area contributed by atoms with Gasteiger partial charge in [0.2, 0.25) is 11.6 Å². The number of hydrogen-bond donors (Lipinski definition) is 4. The third-order valence-corrected chi connectivity index (χ3v) is 2.62. The Morgan fingerprint density at radius 2 is 1.21 bits per heavy atom. The van der Waals surface area contributed by atoms with E-state index in [1.165, 1.54) is 30.4 Å². The van der Waals surface area contributed by atoms with Crippen molar-refractivity contribution in [3.05, 3.63) is 72.8 Å². The minimum atomic E-state index is -0.437. The molecule has 0 aromatic heterocycles. The Balaban J connectivity index is 0.000000180. The van der Waals surface area contributed by atoms with Gasteiger partial charge in [-0.15, -0.1) is 0 Å². The summed E-state index contributed by atoms with van der Waals surface area (Å²) in [5.41, 5.74) is 5.69. The monoisotopic (exact) mass is 327 g/mol. The van der Waals surface area contributed by atoms with Gasteiger partial charge in [0.05, 0.1) is 5.69 Å². The lowest BCUT2D eigenvalue weighted by atomic mass is 10.1. The Kier molecular flexibility index (Phi) is 7.30. The highest BCUT2D eigenvalue weighted by Crippen LogP contribution is 2.16. The number of benzene rings is 2. The molecular formula is C18H17NO5. The number of carbonyl (C=O) groups excluding carboxylic acids is 2. The number of carbonyl (C=O) groups is 2. The molecule has 0 aliphatic heterocycles. The number of aromatic hydroxyl groups is 3. The van der Waals surface area contributed by atoms with Crippen molar-refractivity contribution in [1.82, 2.24) is 0 Å². The van der Waals surface area contributed by atoms with Gasteiger partial charge < -0.3 is 21.1 Å². The van der Waals surface area contributed by atoms with Crippen molar-refractivity contribution in [1.29, 1.82) is 0 Å². The average molecular weight is 327 g/mol. The summed E-state index contributed by atoms with van der Waals surface area (Å²) in [6.45, 7) is 0. The second-order valence-electron chi connectivity index (χ2n) is 4.53. The van der Waals surface area contributed by atoms with E-state index in [2.05, 4.69) is 0 Å². The van der Waals surface area contributed by atoms with Crippen molar-refractivity contribution >= 4 is 17.3 Å². The molecule has 1 aliphatic carbocycles. The molecule has 0 saturated carbocycles. The Bertz CT molecular complexity index is 705. The van der Waals surface area contributed by atoms with Crippen LogP contribution in [0.15, 0.2) is 72.8 Å². The van der Waals surface area contributed by atoms with Gasteiger partial charge in [0.15, 0.2) is 0 Å². The molecule has 1 aliphatic rings. The van der Waals surface area contributed by atoms with E-state index in [-0.39, 0.29) is 17.2 Å². The maximum atomic E-state index is 10.3. The van der Waals surface area contributed by atoms with Crippen molar-refractivity contribution in [2.75, 3.05) is 5.73 Å². The van der Waals surface area contributed by atoms with Crippen LogP contribution < -0.4 is 5.73 Å². The second-order valence-corrected chi connectivity index (χ2v) is 4.53. The van der Waals surface area contributed by atoms with Crippen LogP contribution in [-0.4, -0.2) is 26.9 Å². The van der Waals surface area contributed by atoms with E-state index in [0.717, 1.165) is 0 Å². The lowest BCUT2D eigenvalue weighted by Gasteiger charge is -1.92. The molecule has 124 valence electrons. The number of para-hydroxylation sites is 2. The lowest BCUT2D eigenvalue weighted by molar-refractivity contribution is -0.131. The van der Waals surface area contributed by atoms with E-state index in [4.69, 9.17) is 21.1 Å². The molecule has 0 heterocycles. The topological polar surface area (TPSA) is 121 Å². The van der Waals surface area contributed by atoms with Gasteiger partial charge in [-0.25, -0.2) is 0 Å². The lowest BCUT2D eigenvalue weighted by Crippen LogP contribution is -2.08. The number of nitrogen functional groups attached to an aromatic ring is 1. The third-order valence-electron chi connectivity index (χ3n) is 2.62. The van der Waals surface area contributed by atoms with Crippen LogP contribution in [0, 0.1) is 0 Å². The molecule has 3 rings (SSSR count). The number of ketones is 2. The molecule has 0 fully saturated rings. The van der Waals surface area contributed by atoms with E-state index in [1.807, 2.05) is 0 Å². The summed E-state index contributed by atoms with van der Waals surface area (Å²) in [5.74, 6) is -0.553. The highest BCUT2D eigenvalue weighted by atomic mass is 16.3. The first-order valence-corrected chi connectivity index (χ1v) is 6.84. The Labute approximate surface area is 138 Å². The second kappa shape index (κ2) is 9.47. The number of anilines is 1. The summed E-state index contributed by atoms with van der Waals surface area (Å²) in [4.78, 5) is 20.6. The van der Waals surface area contributed by atoms with Gasteiger partial charge >= 0.3 is 0 Å². The summed E-state index contributed by atoms with van der Waals surface area (Å²) in [5, 5.41) is 26.1. The summed E-state index contributed by atoms with van der Waals surface area (Å²) in [6, 6.07) is 12.6. The van der Waals surface area contributed by atoms with Crippen molar-refractivity contribution in [2.45, 2.75) is 0 Å². The maximum Gasteiger partial charge on any atom is 0.225 e. The van der Waals surface area contributed by atoms with Crippen molar-refractivity contribution in [3.63, 3.8) is 0 Å². The molecule has 0 spiro atoms. The largest absolute Gasteiger partial charge is 0.508 e. The van der Waals surface area contributed by atoms with Gasteiger partial charge in [0, 0.05) is 6.07 Å². The molecule has 0 atom stereocenters. The summed E-state index contributed by atoms with van der Waals surface area (Å²) in [6.07, 6.45) is 5.60. The van der Waals surface area contributed by atoms with Gasteiger partial charge in [-0.05, 0) is 36.4 Å². The molecule has 0 saturated heterocycles. The predicted molar refractivity (Wildman–Crippen MR) is 90.6 cm³/mol. The standard InChI is InChI=1S/C6H7NO.C6H6O2.C6H4O2/c7-5-3-1-2-4-6(5)8;7-5-2-1-3-6(8)4-5;7-5-3-1-2-4-6(5)8/h1-4,8H,7H2;1-4,7-8H;1-4H. The normalized spacial score (nSPS) is 11.8. The number of rotatable bonds is 0. The highest BCUT2D eigenvalue weighted by molar-refractivity contribution is 6.46. The molecule has 0 bridgehead atoms. The minimum Gasteiger partial charge on any atom is -0.508 e. The van der Waals surface area contributed by atoms with Crippen LogP contribution in [0.2, 0.25) is 0 Å². The summed E-state index contributed by atoms with van der Waals surface area (Å²) in [7, 11) is 0. The summed E-state index contributed by atoms with van der Waals surface area (Å²) >= 11 is 0. The quantitative estimate of drug-likeness (QED) is 0.255. The number of phenols is 3. The zero-order valence-electron chi connectivity index (χ0n) is 12.7. The molecule has 6 nitrogen and oxygen atoms in total. The summed E-state index contributed by atoms with van der Waals surface area (Å²) < 4.78 is 0. The third kappa shape index (κ3) is 6.95. The van der Waals surface area contributed by atoms with Crippen LogP contribution >= 0.6 is 0 Å². The molecule has 2 aromatic rings. The number of allylic oxidation sites excluding steroid dienone is 4. The van der Waals surface area contributed by atoms with Gasteiger partial charge in [-0.2, -0.15) is 0 Å². The molecule has 0 radical (unpaired) electrons.